The van der Waals surface area contributed by atoms with Crippen LogP contribution in [-0.4, -0.2) is 41.1 Å². The third kappa shape index (κ3) is 2.99. The highest BCUT2D eigenvalue weighted by atomic mass is 19.4. The Morgan fingerprint density at radius 3 is 1.96 bits per heavy atom. The summed E-state index contributed by atoms with van der Waals surface area (Å²) < 4.78 is 79.9. The molecule has 1 heterocycles. The molecule has 0 N–H and O–H groups in total. The first kappa shape index (κ1) is 18.3. The first-order chi connectivity index (χ1) is 11.0. The molecule has 0 radical (unpaired) electrons. The van der Waals surface area contributed by atoms with Crippen LogP contribution in [0.1, 0.15) is 25.8 Å². The maximum Gasteiger partial charge on any atom is 0.443 e. The lowest BCUT2D eigenvalue weighted by Crippen LogP contribution is -2.59. The zero-order chi connectivity index (χ0) is 18.2. The summed E-state index contributed by atoms with van der Waals surface area (Å²) in [6.45, 7) is 3.08. The molecule has 1 aromatic rings. The van der Waals surface area contributed by atoms with Gasteiger partial charge in [-0.15, -0.1) is 0 Å². The van der Waals surface area contributed by atoms with E-state index in [2.05, 4.69) is 9.98 Å². The molecule has 1 aromatic carbocycles. The number of benzene rings is 1. The lowest BCUT2D eigenvalue weighted by atomic mass is 10.1. The first-order valence-corrected chi connectivity index (χ1v) is 7.16. The summed E-state index contributed by atoms with van der Waals surface area (Å²) in [5, 5.41) is 0. The van der Waals surface area contributed by atoms with Gasteiger partial charge >= 0.3 is 18.0 Å². The Balaban J connectivity index is 2.73. The molecule has 9 heteroatoms. The lowest BCUT2D eigenvalue weighted by molar-refractivity contribution is -0.293. The van der Waals surface area contributed by atoms with Crippen molar-refractivity contribution in [3.8, 4) is 0 Å². The topological polar surface area (TPSA) is 28.0 Å². The van der Waals surface area contributed by atoms with Crippen molar-refractivity contribution in [2.24, 2.45) is 9.98 Å². The predicted molar refractivity (Wildman–Crippen MR) is 77.9 cm³/mol. The van der Waals surface area contributed by atoms with Crippen molar-refractivity contribution < 1.29 is 26.3 Å². The van der Waals surface area contributed by atoms with E-state index in [0.29, 0.717) is 6.42 Å². The minimum Gasteiger partial charge on any atom is -0.315 e. The van der Waals surface area contributed by atoms with E-state index in [0.717, 1.165) is 6.92 Å². The number of nitrogens with zero attached hydrogens (tertiary/aromatic N) is 3. The number of hydrogen-bond acceptors (Lipinski definition) is 3. The second-order valence-electron chi connectivity index (χ2n) is 5.28. The van der Waals surface area contributed by atoms with Gasteiger partial charge in [-0.3, -0.25) is 0 Å². The fourth-order valence-electron chi connectivity index (χ4n) is 2.40. The first-order valence-electron chi connectivity index (χ1n) is 7.16. The number of alkyl halides is 6. The summed E-state index contributed by atoms with van der Waals surface area (Å²) >= 11 is 0. The summed E-state index contributed by atoms with van der Waals surface area (Å²) in [5.41, 5.74) is -4.32. The Morgan fingerprint density at radius 1 is 0.958 bits per heavy atom. The summed E-state index contributed by atoms with van der Waals surface area (Å²) in [4.78, 5) is 7.29. The molecule has 1 aliphatic rings. The minimum atomic E-state index is -5.70. The molecule has 24 heavy (non-hydrogen) atoms. The average Bonchev–Trinajstić information content (AvgIpc) is 2.47. The van der Waals surface area contributed by atoms with Crippen LogP contribution < -0.4 is 0 Å². The zero-order valence-corrected chi connectivity index (χ0v) is 12.9. The van der Waals surface area contributed by atoms with Crippen LogP contribution in [0.15, 0.2) is 40.3 Å². The van der Waals surface area contributed by atoms with Gasteiger partial charge in [0, 0.05) is 12.1 Å². The summed E-state index contributed by atoms with van der Waals surface area (Å²) in [5.74, 6) is -0.764. The third-order valence-electron chi connectivity index (χ3n) is 3.51. The minimum absolute atomic E-state index is 0.165. The third-order valence-corrected chi connectivity index (χ3v) is 3.51. The van der Waals surface area contributed by atoms with Crippen molar-refractivity contribution in [1.82, 2.24) is 4.90 Å². The molecule has 0 saturated heterocycles. The maximum absolute atomic E-state index is 13.3. The van der Waals surface area contributed by atoms with Gasteiger partial charge in [-0.05, 0) is 13.3 Å². The SMILES string of the molecule is CCCN1C(C)=NC(C(F)(F)F)(C(F)(F)F)N=C1c1ccccc1. The van der Waals surface area contributed by atoms with Crippen molar-refractivity contribution in [2.45, 2.75) is 38.3 Å². The number of halogens is 6. The van der Waals surface area contributed by atoms with Gasteiger partial charge in [-0.25, -0.2) is 9.98 Å². The van der Waals surface area contributed by atoms with E-state index in [9.17, 15) is 26.3 Å². The van der Waals surface area contributed by atoms with Gasteiger partial charge < -0.3 is 4.90 Å². The van der Waals surface area contributed by atoms with Gasteiger partial charge in [0.05, 0.1) is 0 Å². The van der Waals surface area contributed by atoms with Gasteiger partial charge in [0.25, 0.3) is 0 Å². The van der Waals surface area contributed by atoms with E-state index in [4.69, 9.17) is 0 Å². The molecule has 2 rings (SSSR count). The summed E-state index contributed by atoms with van der Waals surface area (Å²) in [6, 6.07) is 7.48. The Hall–Kier alpha value is -2.06. The molecule has 0 saturated carbocycles. The number of hydrogen-bond donors (Lipinski definition) is 0. The van der Waals surface area contributed by atoms with Crippen molar-refractivity contribution in [1.29, 1.82) is 0 Å². The predicted octanol–water partition coefficient (Wildman–Crippen LogP) is 4.40. The van der Waals surface area contributed by atoms with E-state index in [1.165, 1.54) is 29.2 Å². The van der Waals surface area contributed by atoms with Crippen LogP contribution >= 0.6 is 0 Å². The monoisotopic (exact) mass is 351 g/mol. The van der Waals surface area contributed by atoms with Crippen LogP contribution in [0.2, 0.25) is 0 Å². The molecule has 0 bridgehead atoms. The Kier molecular flexibility index (Phi) is 4.65. The molecular formula is C15H15F6N3. The normalized spacial score (nSPS) is 18.2. The quantitative estimate of drug-likeness (QED) is 0.742. The van der Waals surface area contributed by atoms with Gasteiger partial charge in [0.1, 0.15) is 11.7 Å². The molecule has 3 nitrogen and oxygen atoms in total. The van der Waals surface area contributed by atoms with Gasteiger partial charge in [0.2, 0.25) is 0 Å². The van der Waals surface area contributed by atoms with E-state index in [1.807, 2.05) is 0 Å². The Bertz CT molecular complexity index is 631. The standard InChI is InChI=1S/C15H15F6N3/c1-3-9-24-10(2)22-13(14(16,17)18,15(19,20)21)23-12(24)11-7-5-4-6-8-11/h4-8H,3,9H2,1-2H3. The molecule has 132 valence electrons. The highest BCUT2D eigenvalue weighted by molar-refractivity contribution is 6.10. The largest absolute Gasteiger partial charge is 0.443 e. The molecule has 0 aliphatic carbocycles. The highest BCUT2D eigenvalue weighted by Crippen LogP contribution is 2.48. The molecule has 1 aliphatic heterocycles. The van der Waals surface area contributed by atoms with E-state index >= 15 is 0 Å². The lowest BCUT2D eigenvalue weighted by Gasteiger charge is -2.38. The van der Waals surface area contributed by atoms with E-state index < -0.39 is 18.0 Å². The van der Waals surface area contributed by atoms with Crippen LogP contribution in [0.25, 0.3) is 0 Å². The molecule has 0 unspecified atom stereocenters. The number of amidine groups is 2. The van der Waals surface area contributed by atoms with Crippen molar-refractivity contribution in [2.75, 3.05) is 6.54 Å². The van der Waals surface area contributed by atoms with Crippen molar-refractivity contribution >= 4 is 11.7 Å². The van der Waals surface area contributed by atoms with Crippen molar-refractivity contribution in [3.05, 3.63) is 35.9 Å². The molecule has 0 atom stereocenters. The Labute approximate surface area is 134 Å². The van der Waals surface area contributed by atoms with Crippen LogP contribution in [0.3, 0.4) is 0 Å². The van der Waals surface area contributed by atoms with E-state index in [1.54, 1.807) is 13.0 Å². The fraction of sp³-hybridized carbons (Fsp3) is 0.467. The molecular weight excluding hydrogens is 336 g/mol. The molecule has 0 spiro atoms. The molecule has 0 amide bonds. The van der Waals surface area contributed by atoms with E-state index in [-0.39, 0.29) is 23.8 Å². The fourth-order valence-corrected chi connectivity index (χ4v) is 2.40. The van der Waals surface area contributed by atoms with Crippen LogP contribution in [0, 0.1) is 0 Å². The Morgan fingerprint density at radius 2 is 1.50 bits per heavy atom. The molecule has 0 aromatic heterocycles. The van der Waals surface area contributed by atoms with Gasteiger partial charge in [-0.2, -0.15) is 26.3 Å². The highest BCUT2D eigenvalue weighted by Gasteiger charge is 2.73. The number of rotatable bonds is 3. The van der Waals surface area contributed by atoms with Crippen LogP contribution in [0.5, 0.6) is 0 Å². The van der Waals surface area contributed by atoms with Crippen LogP contribution in [-0.2, 0) is 0 Å². The summed E-state index contributed by atoms with van der Waals surface area (Å²) in [7, 11) is 0. The van der Waals surface area contributed by atoms with Gasteiger partial charge in [-0.1, -0.05) is 37.3 Å². The zero-order valence-electron chi connectivity index (χ0n) is 12.9. The second kappa shape index (κ2) is 6.10. The van der Waals surface area contributed by atoms with Gasteiger partial charge in [0.15, 0.2) is 0 Å². The summed E-state index contributed by atoms with van der Waals surface area (Å²) in [6.07, 6.45) is -10.9. The average molecular weight is 351 g/mol. The molecule has 0 fully saturated rings. The van der Waals surface area contributed by atoms with Crippen molar-refractivity contribution in [3.63, 3.8) is 0 Å². The number of aliphatic imine (C=N–C) groups is 2. The maximum atomic E-state index is 13.3. The smallest absolute Gasteiger partial charge is 0.315 e. The second-order valence-corrected chi connectivity index (χ2v) is 5.28. The van der Waals surface area contributed by atoms with Crippen LogP contribution in [0.4, 0.5) is 26.3 Å².